The Bertz CT molecular complexity index is 464. The predicted octanol–water partition coefficient (Wildman–Crippen LogP) is 3.75. The van der Waals surface area contributed by atoms with Gasteiger partial charge in [-0.1, -0.05) is 45.0 Å². The van der Waals surface area contributed by atoms with Gasteiger partial charge in [0.05, 0.1) is 0 Å². The lowest BCUT2D eigenvalue weighted by molar-refractivity contribution is -0.564. The van der Waals surface area contributed by atoms with Gasteiger partial charge in [0.2, 0.25) is 5.79 Å². The number of benzene rings is 1. The van der Waals surface area contributed by atoms with E-state index in [9.17, 15) is 0 Å². The molecule has 0 saturated carbocycles. The van der Waals surface area contributed by atoms with Crippen LogP contribution in [-0.4, -0.2) is 14.4 Å². The minimum atomic E-state index is -1.72. The van der Waals surface area contributed by atoms with Crippen molar-refractivity contribution in [2.24, 2.45) is 0 Å². The zero-order chi connectivity index (χ0) is 13.5. The maximum Gasteiger partial charge on any atom is 0.249 e. The summed E-state index contributed by atoms with van der Waals surface area (Å²) < 4.78 is 6.65. The van der Waals surface area contributed by atoms with Crippen LogP contribution in [0, 0.1) is 0 Å². The van der Waals surface area contributed by atoms with Gasteiger partial charge >= 0.3 is 0 Å². The van der Waals surface area contributed by atoms with Gasteiger partial charge < -0.3 is 4.43 Å². The molecule has 3 nitrogen and oxygen atoms in total. The van der Waals surface area contributed by atoms with Gasteiger partial charge in [0, 0.05) is 12.0 Å². The maximum absolute atomic E-state index is 6.65. The normalized spacial score (nSPS) is 28.7. The van der Waals surface area contributed by atoms with E-state index in [4.69, 9.17) is 14.2 Å². The molecule has 2 aliphatic rings. The SMILES string of the molecule is CC[Si](CC)(CC)O[C@]12OO[C@H]1Cc1ccccc12. The number of rotatable bonds is 5. The van der Waals surface area contributed by atoms with Crippen molar-refractivity contribution in [2.45, 2.75) is 57.2 Å². The molecule has 1 saturated heterocycles. The molecule has 0 bridgehead atoms. The van der Waals surface area contributed by atoms with Gasteiger partial charge in [0.15, 0.2) is 14.4 Å². The first kappa shape index (κ1) is 13.3. The molecular formula is C15H22O3Si. The minimum absolute atomic E-state index is 0.0430. The summed E-state index contributed by atoms with van der Waals surface area (Å²) in [6, 6.07) is 11.8. The second-order valence-electron chi connectivity index (χ2n) is 5.54. The van der Waals surface area contributed by atoms with E-state index in [1.807, 2.05) is 0 Å². The fourth-order valence-corrected chi connectivity index (χ4v) is 6.11. The topological polar surface area (TPSA) is 27.7 Å². The standard InChI is InChI=1S/C15H22O3Si/c1-4-19(5-2,6-3)18-15-13-10-8-7-9-12(13)11-14(15)16-17-15/h7-10,14H,4-6,11H2,1-3H3/t14-,15-/m0/s1. The first-order chi connectivity index (χ1) is 9.19. The molecule has 0 spiro atoms. The van der Waals surface area contributed by atoms with E-state index in [1.54, 1.807) is 0 Å². The third-order valence-corrected chi connectivity index (χ3v) is 9.41. The summed E-state index contributed by atoms with van der Waals surface area (Å²) in [6.07, 6.45) is 0.944. The molecule has 2 atom stereocenters. The molecule has 4 heteroatoms. The zero-order valence-electron chi connectivity index (χ0n) is 11.9. The number of hydrogen-bond acceptors (Lipinski definition) is 3. The van der Waals surface area contributed by atoms with Gasteiger partial charge in [0.25, 0.3) is 0 Å². The second kappa shape index (κ2) is 4.70. The van der Waals surface area contributed by atoms with Crippen molar-refractivity contribution < 1.29 is 14.2 Å². The molecular weight excluding hydrogens is 256 g/mol. The van der Waals surface area contributed by atoms with Crippen molar-refractivity contribution in [2.75, 3.05) is 0 Å². The molecule has 19 heavy (non-hydrogen) atoms. The Morgan fingerprint density at radius 2 is 1.89 bits per heavy atom. The third kappa shape index (κ3) is 1.81. The van der Waals surface area contributed by atoms with Crippen LogP contribution in [0.3, 0.4) is 0 Å². The first-order valence-corrected chi connectivity index (χ1v) is 9.85. The van der Waals surface area contributed by atoms with Crippen LogP contribution in [0.4, 0.5) is 0 Å². The molecule has 1 heterocycles. The highest BCUT2D eigenvalue weighted by molar-refractivity contribution is 6.73. The van der Waals surface area contributed by atoms with Gasteiger partial charge in [-0.2, -0.15) is 4.89 Å². The molecule has 0 aromatic heterocycles. The van der Waals surface area contributed by atoms with E-state index in [2.05, 4.69) is 45.0 Å². The summed E-state index contributed by atoms with van der Waals surface area (Å²) in [5.74, 6) is -0.606. The maximum atomic E-state index is 6.65. The number of hydrogen-bond donors (Lipinski definition) is 0. The Morgan fingerprint density at radius 3 is 2.47 bits per heavy atom. The summed E-state index contributed by atoms with van der Waals surface area (Å²) in [7, 11) is -1.72. The van der Waals surface area contributed by atoms with Gasteiger partial charge in [-0.3, -0.25) is 0 Å². The van der Waals surface area contributed by atoms with E-state index < -0.39 is 14.1 Å². The van der Waals surface area contributed by atoms with E-state index in [0.29, 0.717) is 0 Å². The Hall–Kier alpha value is -0.683. The molecule has 0 radical (unpaired) electrons. The van der Waals surface area contributed by atoms with Crippen molar-refractivity contribution in [3.8, 4) is 0 Å². The van der Waals surface area contributed by atoms with E-state index in [0.717, 1.165) is 24.6 Å². The molecule has 1 aromatic carbocycles. The highest BCUT2D eigenvalue weighted by Gasteiger charge is 2.62. The van der Waals surface area contributed by atoms with Crippen LogP contribution in [0.25, 0.3) is 0 Å². The van der Waals surface area contributed by atoms with Crippen molar-refractivity contribution in [3.05, 3.63) is 35.4 Å². The Balaban J connectivity index is 1.96. The fraction of sp³-hybridized carbons (Fsp3) is 0.600. The average Bonchev–Trinajstić information content (AvgIpc) is 2.66. The fourth-order valence-electron chi connectivity index (χ4n) is 3.25. The summed E-state index contributed by atoms with van der Waals surface area (Å²) >= 11 is 0. The molecule has 0 amide bonds. The Labute approximate surface area is 115 Å². The van der Waals surface area contributed by atoms with Crippen molar-refractivity contribution in [3.63, 3.8) is 0 Å². The van der Waals surface area contributed by atoms with Crippen molar-refractivity contribution in [1.29, 1.82) is 0 Å². The summed E-state index contributed by atoms with van der Waals surface area (Å²) in [5, 5.41) is 0. The Morgan fingerprint density at radius 1 is 1.21 bits per heavy atom. The smallest absolute Gasteiger partial charge is 0.249 e. The Kier molecular flexibility index (Phi) is 3.29. The van der Waals surface area contributed by atoms with Crippen LogP contribution in [0.2, 0.25) is 18.1 Å². The van der Waals surface area contributed by atoms with Crippen molar-refractivity contribution in [1.82, 2.24) is 0 Å². The molecule has 1 aliphatic heterocycles. The lowest BCUT2D eigenvalue weighted by Gasteiger charge is -2.47. The van der Waals surface area contributed by atoms with Crippen LogP contribution in [-0.2, 0) is 26.4 Å². The summed E-state index contributed by atoms with van der Waals surface area (Å²) in [5.41, 5.74) is 2.48. The highest BCUT2D eigenvalue weighted by Crippen LogP contribution is 2.52. The van der Waals surface area contributed by atoms with E-state index in [-0.39, 0.29) is 6.10 Å². The van der Waals surface area contributed by atoms with Crippen LogP contribution < -0.4 is 0 Å². The van der Waals surface area contributed by atoms with Crippen LogP contribution in [0.15, 0.2) is 24.3 Å². The average molecular weight is 278 g/mol. The third-order valence-electron chi connectivity index (χ3n) is 4.81. The highest BCUT2D eigenvalue weighted by atomic mass is 28.4. The van der Waals surface area contributed by atoms with Crippen LogP contribution in [0.1, 0.15) is 31.9 Å². The van der Waals surface area contributed by atoms with Gasteiger partial charge in [-0.25, -0.2) is 4.89 Å². The predicted molar refractivity (Wildman–Crippen MR) is 76.1 cm³/mol. The molecule has 0 N–H and O–H groups in total. The van der Waals surface area contributed by atoms with Gasteiger partial charge in [-0.15, -0.1) is 0 Å². The lowest BCUT2D eigenvalue weighted by Crippen LogP contribution is -2.58. The summed E-state index contributed by atoms with van der Waals surface area (Å²) in [6.45, 7) is 6.72. The zero-order valence-corrected chi connectivity index (χ0v) is 12.9. The summed E-state index contributed by atoms with van der Waals surface area (Å²) in [4.78, 5) is 10.9. The largest absolute Gasteiger partial charge is 0.382 e. The lowest BCUT2D eigenvalue weighted by atomic mass is 10.1. The van der Waals surface area contributed by atoms with E-state index >= 15 is 0 Å². The van der Waals surface area contributed by atoms with Gasteiger partial charge in [0.1, 0.15) is 0 Å². The van der Waals surface area contributed by atoms with Crippen LogP contribution in [0.5, 0.6) is 0 Å². The minimum Gasteiger partial charge on any atom is -0.382 e. The van der Waals surface area contributed by atoms with Crippen molar-refractivity contribution >= 4 is 8.32 Å². The van der Waals surface area contributed by atoms with Crippen LogP contribution >= 0.6 is 0 Å². The first-order valence-electron chi connectivity index (χ1n) is 7.32. The van der Waals surface area contributed by atoms with E-state index in [1.165, 1.54) is 11.1 Å². The molecule has 104 valence electrons. The number of fused-ring (bicyclic) bond motifs is 3. The quantitative estimate of drug-likeness (QED) is 0.606. The molecule has 3 rings (SSSR count). The molecule has 0 unspecified atom stereocenters. The molecule has 1 aliphatic carbocycles. The molecule has 1 fully saturated rings. The monoisotopic (exact) mass is 278 g/mol. The van der Waals surface area contributed by atoms with Gasteiger partial charge in [-0.05, 0) is 23.7 Å². The second-order valence-corrected chi connectivity index (χ2v) is 10.2. The molecule has 1 aromatic rings.